The summed E-state index contributed by atoms with van der Waals surface area (Å²) in [5.41, 5.74) is 0.955. The second kappa shape index (κ2) is 10.3. The predicted molar refractivity (Wildman–Crippen MR) is 116 cm³/mol. The topological polar surface area (TPSA) is 61.8 Å². The van der Waals surface area contributed by atoms with Gasteiger partial charge in [0.25, 0.3) is 0 Å². The Balaban J connectivity index is 1.90. The number of carbonyl (C=O) groups excluding carboxylic acids is 2. The van der Waals surface area contributed by atoms with Crippen LogP contribution in [0.15, 0.2) is 18.2 Å². The van der Waals surface area contributed by atoms with Gasteiger partial charge in [-0.1, -0.05) is 38.7 Å². The number of benzene rings is 1. The largest absolute Gasteiger partial charge is 0.464 e. The lowest BCUT2D eigenvalue weighted by atomic mass is 9.80. The fourth-order valence-corrected chi connectivity index (χ4v) is 5.07. The molecule has 2 unspecified atom stereocenters. The minimum Gasteiger partial charge on any atom is -0.464 e. The van der Waals surface area contributed by atoms with Crippen LogP contribution in [0.3, 0.4) is 0 Å². The van der Waals surface area contributed by atoms with E-state index in [9.17, 15) is 9.59 Å². The van der Waals surface area contributed by atoms with Gasteiger partial charge in [-0.15, -0.1) is 0 Å². The minimum atomic E-state index is -1.75. The molecule has 0 radical (unpaired) electrons. The Morgan fingerprint density at radius 2 is 1.70 bits per heavy atom. The second-order valence-electron chi connectivity index (χ2n) is 8.54. The van der Waals surface area contributed by atoms with Crippen molar-refractivity contribution in [1.82, 2.24) is 0 Å². The highest BCUT2D eigenvalue weighted by atomic mass is 16.6. The van der Waals surface area contributed by atoms with E-state index >= 15 is 0 Å². The monoisotopic (exact) mass is 416 g/mol. The normalized spacial score (nSPS) is 20.2. The predicted octanol–water partition coefficient (Wildman–Crippen LogP) is 5.34. The molecule has 1 saturated carbocycles. The van der Waals surface area contributed by atoms with Crippen LogP contribution in [0.25, 0.3) is 0 Å². The highest BCUT2D eigenvalue weighted by Crippen LogP contribution is 2.47. The first-order valence-corrected chi connectivity index (χ1v) is 11.7. The third-order valence-electron chi connectivity index (χ3n) is 6.54. The van der Waals surface area contributed by atoms with Gasteiger partial charge in [0.15, 0.2) is 0 Å². The van der Waals surface area contributed by atoms with Crippen molar-refractivity contribution in [2.24, 2.45) is 5.92 Å². The maximum atomic E-state index is 13.0. The summed E-state index contributed by atoms with van der Waals surface area (Å²) in [7, 11) is 0. The average Bonchev–Trinajstić information content (AvgIpc) is 3.11. The maximum absolute atomic E-state index is 13.0. The molecule has 1 aromatic rings. The molecule has 166 valence electrons. The van der Waals surface area contributed by atoms with E-state index in [1.165, 1.54) is 36.8 Å². The van der Waals surface area contributed by atoms with Crippen molar-refractivity contribution in [3.8, 4) is 5.75 Å². The second-order valence-corrected chi connectivity index (χ2v) is 8.54. The number of ether oxygens (including phenoxy) is 3. The van der Waals surface area contributed by atoms with Crippen molar-refractivity contribution in [2.75, 3.05) is 13.2 Å². The van der Waals surface area contributed by atoms with Gasteiger partial charge in [-0.25, -0.2) is 9.59 Å². The highest BCUT2D eigenvalue weighted by molar-refractivity contribution is 6.04. The van der Waals surface area contributed by atoms with Gasteiger partial charge in [-0.2, -0.15) is 0 Å². The first-order valence-electron chi connectivity index (χ1n) is 11.7. The van der Waals surface area contributed by atoms with Crippen LogP contribution in [0.4, 0.5) is 0 Å². The molecule has 2 atom stereocenters. The zero-order valence-corrected chi connectivity index (χ0v) is 18.7. The van der Waals surface area contributed by atoms with E-state index in [0.717, 1.165) is 19.3 Å². The quantitative estimate of drug-likeness (QED) is 0.293. The van der Waals surface area contributed by atoms with Gasteiger partial charge in [0.2, 0.25) is 0 Å². The van der Waals surface area contributed by atoms with Crippen LogP contribution in [-0.2, 0) is 25.5 Å². The molecule has 5 nitrogen and oxygen atoms in total. The van der Waals surface area contributed by atoms with Gasteiger partial charge in [0, 0.05) is 6.42 Å². The van der Waals surface area contributed by atoms with Crippen molar-refractivity contribution >= 4 is 11.9 Å². The molecule has 1 aromatic carbocycles. The first-order chi connectivity index (χ1) is 14.6. The molecule has 30 heavy (non-hydrogen) atoms. The SMILES string of the molecule is CCCCCC(Oc1ccc2c(c1)CC1CCCCC21)(C(=O)OCC)C(=O)OCC. The molecule has 0 bridgehead atoms. The number of unbranched alkanes of at least 4 members (excludes halogenated alkanes) is 2. The Labute approximate surface area is 180 Å². The van der Waals surface area contributed by atoms with Gasteiger partial charge in [-0.3, -0.25) is 0 Å². The molecule has 0 saturated heterocycles. The van der Waals surface area contributed by atoms with Gasteiger partial charge < -0.3 is 14.2 Å². The molecule has 0 N–H and O–H groups in total. The van der Waals surface area contributed by atoms with Gasteiger partial charge >= 0.3 is 17.5 Å². The van der Waals surface area contributed by atoms with Crippen LogP contribution in [0.5, 0.6) is 5.75 Å². The van der Waals surface area contributed by atoms with Crippen LogP contribution in [0, 0.1) is 5.92 Å². The molecular weight excluding hydrogens is 380 g/mol. The van der Waals surface area contributed by atoms with E-state index in [2.05, 4.69) is 13.0 Å². The lowest BCUT2D eigenvalue weighted by Crippen LogP contribution is -2.53. The average molecular weight is 417 g/mol. The number of esters is 2. The highest BCUT2D eigenvalue weighted by Gasteiger charge is 2.51. The third kappa shape index (κ3) is 4.65. The van der Waals surface area contributed by atoms with Crippen LogP contribution in [0.1, 0.15) is 89.2 Å². The van der Waals surface area contributed by atoms with Gasteiger partial charge in [0.1, 0.15) is 5.75 Å². The fraction of sp³-hybridized carbons (Fsp3) is 0.680. The summed E-state index contributed by atoms with van der Waals surface area (Å²) in [6.45, 7) is 5.92. The van der Waals surface area contributed by atoms with Crippen LogP contribution < -0.4 is 4.74 Å². The van der Waals surface area contributed by atoms with Crippen LogP contribution in [0.2, 0.25) is 0 Å². The van der Waals surface area contributed by atoms with Crippen molar-refractivity contribution in [1.29, 1.82) is 0 Å². The van der Waals surface area contributed by atoms with E-state index in [-0.39, 0.29) is 19.6 Å². The van der Waals surface area contributed by atoms with Gasteiger partial charge in [0.05, 0.1) is 13.2 Å². The van der Waals surface area contributed by atoms with Gasteiger partial charge in [-0.05, 0) is 74.6 Å². The first kappa shape index (κ1) is 22.6. The van der Waals surface area contributed by atoms with Crippen molar-refractivity contribution in [3.05, 3.63) is 29.3 Å². The van der Waals surface area contributed by atoms with Crippen molar-refractivity contribution < 1.29 is 23.8 Å². The Hall–Kier alpha value is -2.04. The summed E-state index contributed by atoms with van der Waals surface area (Å²) >= 11 is 0. The summed E-state index contributed by atoms with van der Waals surface area (Å²) in [4.78, 5) is 25.9. The molecule has 2 aliphatic rings. The smallest absolute Gasteiger partial charge is 0.362 e. The Morgan fingerprint density at radius 1 is 1.00 bits per heavy atom. The summed E-state index contributed by atoms with van der Waals surface area (Å²) < 4.78 is 16.8. The molecule has 3 rings (SSSR count). The van der Waals surface area contributed by atoms with E-state index in [4.69, 9.17) is 14.2 Å². The van der Waals surface area contributed by atoms with Crippen molar-refractivity contribution in [3.63, 3.8) is 0 Å². The molecule has 0 aliphatic heterocycles. The Bertz CT molecular complexity index is 723. The fourth-order valence-electron chi connectivity index (χ4n) is 5.07. The summed E-state index contributed by atoms with van der Waals surface area (Å²) in [5, 5.41) is 0. The van der Waals surface area contributed by atoms with Crippen molar-refractivity contribution in [2.45, 2.75) is 90.1 Å². The lowest BCUT2D eigenvalue weighted by Gasteiger charge is -2.30. The lowest BCUT2D eigenvalue weighted by molar-refractivity contribution is -0.180. The third-order valence-corrected chi connectivity index (χ3v) is 6.54. The van der Waals surface area contributed by atoms with Crippen LogP contribution in [-0.4, -0.2) is 30.8 Å². The summed E-state index contributed by atoms with van der Waals surface area (Å²) in [5.74, 6) is 0.591. The Kier molecular flexibility index (Phi) is 7.79. The minimum absolute atomic E-state index is 0.185. The number of hydrogen-bond donors (Lipinski definition) is 0. The summed E-state index contributed by atoms with van der Waals surface area (Å²) in [6, 6.07) is 6.07. The molecule has 0 amide bonds. The van der Waals surface area contributed by atoms with Crippen LogP contribution >= 0.6 is 0 Å². The molecule has 0 aromatic heterocycles. The van der Waals surface area contributed by atoms with E-state index in [1.807, 2.05) is 12.1 Å². The number of rotatable bonds is 10. The van der Waals surface area contributed by atoms with E-state index < -0.39 is 17.5 Å². The van der Waals surface area contributed by atoms with E-state index in [1.54, 1.807) is 13.8 Å². The zero-order valence-electron chi connectivity index (χ0n) is 18.7. The Morgan fingerprint density at radius 3 is 2.37 bits per heavy atom. The molecule has 2 aliphatic carbocycles. The number of carbonyl (C=O) groups is 2. The molecular formula is C25H36O5. The molecule has 0 spiro atoms. The standard InChI is InChI=1S/C25H36O5/c1-4-7-10-15-25(23(26)28-5-2,24(27)29-6-3)30-20-13-14-22-19(17-20)16-18-11-8-9-12-21(18)22/h13-14,17-18,21H,4-12,15-16H2,1-3H3. The number of fused-ring (bicyclic) bond motifs is 3. The maximum Gasteiger partial charge on any atom is 0.362 e. The number of hydrogen-bond acceptors (Lipinski definition) is 5. The molecule has 1 fully saturated rings. The molecule has 0 heterocycles. The van der Waals surface area contributed by atoms with E-state index in [0.29, 0.717) is 24.0 Å². The summed E-state index contributed by atoms with van der Waals surface area (Å²) in [6.07, 6.45) is 9.01. The molecule has 5 heteroatoms. The zero-order chi connectivity index (χ0) is 21.6.